The topological polar surface area (TPSA) is 77.6 Å². The molecule has 3 rings (SSSR count). The van der Waals surface area contributed by atoms with Crippen molar-refractivity contribution >= 4 is 34.4 Å². The van der Waals surface area contributed by atoms with E-state index in [4.69, 9.17) is 26.1 Å². The Kier molecular flexibility index (Phi) is 5.89. The zero-order chi connectivity index (χ0) is 18.5. The van der Waals surface area contributed by atoms with Crippen molar-refractivity contribution in [3.63, 3.8) is 0 Å². The number of aromatic nitrogens is 3. The molecule has 0 radical (unpaired) electrons. The molecule has 2 heterocycles. The van der Waals surface area contributed by atoms with Gasteiger partial charge in [0.25, 0.3) is 0 Å². The third-order valence-corrected chi connectivity index (χ3v) is 4.19. The van der Waals surface area contributed by atoms with Gasteiger partial charge in [-0.2, -0.15) is 9.78 Å². The van der Waals surface area contributed by atoms with Gasteiger partial charge in [0.2, 0.25) is 10.6 Å². The van der Waals surface area contributed by atoms with Crippen molar-refractivity contribution in [1.82, 2.24) is 14.9 Å². The summed E-state index contributed by atoms with van der Waals surface area (Å²) in [6.07, 6.45) is 3.24. The van der Waals surface area contributed by atoms with Gasteiger partial charge in [0.1, 0.15) is 0 Å². The van der Waals surface area contributed by atoms with Gasteiger partial charge >= 0.3 is 0 Å². The number of benzene rings is 1. The van der Waals surface area contributed by atoms with Gasteiger partial charge in [-0.3, -0.25) is 0 Å². The molecule has 0 spiro atoms. The number of hydrogen-bond acceptors (Lipinski definition) is 6. The summed E-state index contributed by atoms with van der Waals surface area (Å²) in [6.45, 7) is 4.92. The molecule has 0 atom stereocenters. The molecule has 136 valence electrons. The van der Waals surface area contributed by atoms with Gasteiger partial charge in [0.15, 0.2) is 17.3 Å². The highest BCUT2D eigenvalue weighted by atomic mass is 79.9. The number of H-pyrrole nitrogens is 1. The maximum absolute atomic E-state index is 5.68. The number of nitrogens with one attached hydrogen (secondary N) is 1. The lowest BCUT2D eigenvalue weighted by Crippen LogP contribution is -2.01. The molecule has 1 aromatic carbocycles. The average molecular weight is 437 g/mol. The lowest BCUT2D eigenvalue weighted by atomic mass is 10.2. The Hall–Kier alpha value is -2.39. The van der Waals surface area contributed by atoms with Crippen LogP contribution in [0.3, 0.4) is 0 Å². The molecule has 0 saturated heterocycles. The molecule has 0 unspecified atom stereocenters. The second-order valence-corrected chi connectivity index (χ2v) is 6.32. The lowest BCUT2D eigenvalue weighted by Gasteiger charge is -2.13. The summed E-state index contributed by atoms with van der Waals surface area (Å²) in [5.41, 5.74) is 0.817. The Morgan fingerprint density at radius 1 is 1.35 bits per heavy atom. The Morgan fingerprint density at radius 2 is 2.15 bits per heavy atom. The summed E-state index contributed by atoms with van der Waals surface area (Å²) in [5, 5.41) is 11.3. The van der Waals surface area contributed by atoms with E-state index in [2.05, 4.69) is 31.2 Å². The minimum Gasteiger partial charge on any atom is -0.490 e. The van der Waals surface area contributed by atoms with Gasteiger partial charge < -0.3 is 13.9 Å². The molecule has 9 heteroatoms. The summed E-state index contributed by atoms with van der Waals surface area (Å²) in [6, 6.07) is 7.32. The van der Waals surface area contributed by atoms with Crippen LogP contribution in [-0.2, 0) is 0 Å². The molecular weight excluding hydrogens is 420 g/mol. The van der Waals surface area contributed by atoms with Crippen LogP contribution in [0.5, 0.6) is 11.5 Å². The van der Waals surface area contributed by atoms with Crippen molar-refractivity contribution < 1.29 is 13.9 Å². The standard InChI is InChI=1S/C17H17BrN4O3S/c1-3-23-14-9-11(8-12(18)15(14)24-4-2)10-19-22-16(20-21-17(22)26)13-6-5-7-25-13/h5-10H,3-4H2,1-2H3,(H,21,26)/b19-10-. The van der Waals surface area contributed by atoms with Gasteiger partial charge in [-0.1, -0.05) is 0 Å². The minimum absolute atomic E-state index is 0.364. The lowest BCUT2D eigenvalue weighted by molar-refractivity contribution is 0.286. The molecule has 7 nitrogen and oxygen atoms in total. The van der Waals surface area contributed by atoms with Gasteiger partial charge in [-0.15, -0.1) is 5.10 Å². The third kappa shape index (κ3) is 3.88. The maximum atomic E-state index is 5.68. The Labute approximate surface area is 163 Å². The summed E-state index contributed by atoms with van der Waals surface area (Å²) in [7, 11) is 0. The van der Waals surface area contributed by atoms with Crippen LogP contribution < -0.4 is 9.47 Å². The van der Waals surface area contributed by atoms with Gasteiger partial charge in [-0.25, -0.2) is 5.10 Å². The van der Waals surface area contributed by atoms with Crippen LogP contribution in [0.25, 0.3) is 11.6 Å². The van der Waals surface area contributed by atoms with E-state index in [0.29, 0.717) is 41.1 Å². The first-order valence-corrected chi connectivity index (χ1v) is 9.19. The SMILES string of the molecule is CCOc1cc(/C=N\n2c(-c3ccco3)n[nH]c2=S)cc(Br)c1OCC. The predicted octanol–water partition coefficient (Wildman–Crippen LogP) is 4.64. The normalized spacial score (nSPS) is 11.2. The quantitative estimate of drug-likeness (QED) is 0.430. The van der Waals surface area contributed by atoms with Gasteiger partial charge in [0.05, 0.1) is 30.2 Å². The molecule has 0 saturated carbocycles. The molecular formula is C17H17BrN4O3S. The smallest absolute Gasteiger partial charge is 0.219 e. The maximum Gasteiger partial charge on any atom is 0.219 e. The van der Waals surface area contributed by atoms with Crippen molar-refractivity contribution in [3.05, 3.63) is 45.3 Å². The van der Waals surface area contributed by atoms with E-state index in [1.165, 1.54) is 4.68 Å². The van der Waals surface area contributed by atoms with E-state index in [9.17, 15) is 0 Å². The zero-order valence-corrected chi connectivity index (χ0v) is 16.6. The van der Waals surface area contributed by atoms with Crippen LogP contribution in [-0.4, -0.2) is 34.3 Å². The Balaban J connectivity index is 1.97. The van der Waals surface area contributed by atoms with E-state index in [-0.39, 0.29) is 0 Å². The molecule has 2 aromatic heterocycles. The van der Waals surface area contributed by atoms with Crippen LogP contribution in [0.15, 0.2) is 44.5 Å². The first kappa shape index (κ1) is 18.4. The number of nitrogens with zero attached hydrogens (tertiary/aromatic N) is 3. The Bertz CT molecular complexity index is 963. The highest BCUT2D eigenvalue weighted by molar-refractivity contribution is 9.10. The van der Waals surface area contributed by atoms with E-state index in [0.717, 1.165) is 10.0 Å². The third-order valence-electron chi connectivity index (χ3n) is 3.33. The first-order chi connectivity index (χ1) is 12.6. The second-order valence-electron chi connectivity index (χ2n) is 5.08. The molecule has 0 aliphatic heterocycles. The number of hydrogen-bond donors (Lipinski definition) is 1. The van der Waals surface area contributed by atoms with E-state index in [1.807, 2.05) is 26.0 Å². The van der Waals surface area contributed by atoms with Crippen molar-refractivity contribution in [1.29, 1.82) is 0 Å². The minimum atomic E-state index is 0.364. The molecule has 0 aliphatic rings. The summed E-state index contributed by atoms with van der Waals surface area (Å²) in [5.74, 6) is 2.37. The molecule has 0 fully saturated rings. The number of aromatic amines is 1. The average Bonchev–Trinajstić information content (AvgIpc) is 3.26. The number of halogens is 1. The number of furan rings is 1. The van der Waals surface area contributed by atoms with Crippen molar-refractivity contribution in [2.24, 2.45) is 5.10 Å². The summed E-state index contributed by atoms with van der Waals surface area (Å²) >= 11 is 8.77. The van der Waals surface area contributed by atoms with E-state index >= 15 is 0 Å². The predicted molar refractivity (Wildman–Crippen MR) is 105 cm³/mol. The molecule has 3 aromatic rings. The van der Waals surface area contributed by atoms with Crippen LogP contribution in [0.4, 0.5) is 0 Å². The highest BCUT2D eigenvalue weighted by Gasteiger charge is 2.13. The molecule has 0 aliphatic carbocycles. The monoisotopic (exact) mass is 436 g/mol. The molecule has 0 amide bonds. The van der Waals surface area contributed by atoms with Crippen LogP contribution >= 0.6 is 28.1 Å². The Morgan fingerprint density at radius 3 is 2.85 bits per heavy atom. The van der Waals surface area contributed by atoms with E-state index < -0.39 is 0 Å². The summed E-state index contributed by atoms with van der Waals surface area (Å²) in [4.78, 5) is 0. The fraction of sp³-hybridized carbons (Fsp3) is 0.235. The van der Waals surface area contributed by atoms with Crippen molar-refractivity contribution in [2.45, 2.75) is 13.8 Å². The fourth-order valence-corrected chi connectivity index (χ4v) is 3.05. The highest BCUT2D eigenvalue weighted by Crippen LogP contribution is 2.36. The van der Waals surface area contributed by atoms with Gasteiger partial charge in [-0.05, 0) is 71.8 Å². The van der Waals surface area contributed by atoms with Gasteiger partial charge in [0, 0.05) is 0 Å². The first-order valence-electron chi connectivity index (χ1n) is 7.98. The zero-order valence-electron chi connectivity index (χ0n) is 14.2. The van der Waals surface area contributed by atoms with Crippen LogP contribution in [0.2, 0.25) is 0 Å². The molecule has 1 N–H and O–H groups in total. The van der Waals surface area contributed by atoms with Crippen LogP contribution in [0, 0.1) is 4.77 Å². The van der Waals surface area contributed by atoms with E-state index in [1.54, 1.807) is 24.6 Å². The number of rotatable bonds is 7. The second kappa shape index (κ2) is 8.33. The largest absolute Gasteiger partial charge is 0.490 e. The summed E-state index contributed by atoms with van der Waals surface area (Å²) < 4.78 is 19.3. The molecule has 26 heavy (non-hydrogen) atoms. The van der Waals surface area contributed by atoms with Crippen molar-refractivity contribution in [3.8, 4) is 23.1 Å². The number of ether oxygens (including phenoxy) is 2. The fourth-order valence-electron chi connectivity index (χ4n) is 2.30. The molecule has 0 bridgehead atoms. The van der Waals surface area contributed by atoms with Crippen molar-refractivity contribution in [2.75, 3.05) is 13.2 Å². The van der Waals surface area contributed by atoms with Crippen LogP contribution in [0.1, 0.15) is 19.4 Å².